The number of nitriles is 1. The van der Waals surface area contributed by atoms with Crippen molar-refractivity contribution in [1.82, 2.24) is 55.2 Å². The van der Waals surface area contributed by atoms with Crippen LogP contribution in [0.2, 0.25) is 0 Å². The van der Waals surface area contributed by atoms with Crippen molar-refractivity contribution in [2.24, 2.45) is 0 Å². The molecular formula is C76H66F3N13O34. The molecular weight excluding hydrogens is 1700 g/mol. The summed E-state index contributed by atoms with van der Waals surface area (Å²) in [5.74, 6) is -16.0. The zero-order valence-electron chi connectivity index (χ0n) is 64.6. The van der Waals surface area contributed by atoms with Crippen molar-refractivity contribution in [2.45, 2.75) is 26.1 Å². The van der Waals surface area contributed by atoms with Gasteiger partial charge in [0.25, 0.3) is 63.0 Å². The lowest BCUT2D eigenvalue weighted by molar-refractivity contribution is -0.384. The average molecular weight is 1760 g/mol. The molecule has 0 aliphatic heterocycles. The van der Waals surface area contributed by atoms with Crippen LogP contribution in [-0.2, 0) is 36.8 Å². The van der Waals surface area contributed by atoms with Crippen LogP contribution in [0.4, 0.5) is 18.9 Å². The molecule has 126 heavy (non-hydrogen) atoms. The van der Waals surface area contributed by atoms with Crippen LogP contribution in [0.3, 0.4) is 0 Å². The number of aromatic nitrogens is 6. The van der Waals surface area contributed by atoms with Crippen molar-refractivity contribution >= 4 is 120 Å². The molecule has 0 atom stereocenters. The van der Waals surface area contributed by atoms with Gasteiger partial charge in [0.1, 0.15) is 100 Å². The first kappa shape index (κ1) is 95.2. The predicted molar refractivity (Wildman–Crippen MR) is 422 cm³/mol. The Bertz CT molecular complexity index is 6570. The number of alkyl halides is 3. The summed E-state index contributed by atoms with van der Waals surface area (Å²) < 4.78 is 47.2. The molecule has 6 heterocycles. The summed E-state index contributed by atoms with van der Waals surface area (Å²) in [6, 6.07) is 21.4. The number of carbonyl (C=O) groups is 10. The largest absolute Gasteiger partial charge is 0.508 e. The molecule has 0 spiro atoms. The number of hydrogen-bond acceptors (Lipinski definition) is 31. The van der Waals surface area contributed by atoms with Crippen LogP contribution in [0.5, 0.6) is 34.5 Å². The van der Waals surface area contributed by atoms with Gasteiger partial charge >= 0.3 is 36.0 Å². The van der Waals surface area contributed by atoms with Gasteiger partial charge < -0.3 is 111 Å². The van der Waals surface area contributed by atoms with Crippen molar-refractivity contribution in [3.05, 3.63) is 242 Å². The first-order chi connectivity index (χ1) is 59.6. The highest BCUT2D eigenvalue weighted by molar-refractivity contribution is 6.07. The van der Waals surface area contributed by atoms with E-state index in [-0.39, 0.29) is 92.8 Å². The number of pyridine rings is 5. The van der Waals surface area contributed by atoms with Crippen molar-refractivity contribution in [3.63, 3.8) is 0 Å². The summed E-state index contributed by atoms with van der Waals surface area (Å²) in [6.45, 7) is 4.68. The Labute approximate surface area is 696 Å². The molecule has 5 aromatic carbocycles. The fourth-order valence-corrected chi connectivity index (χ4v) is 10.9. The number of para-hydroxylation sites is 1. The van der Waals surface area contributed by atoms with Crippen LogP contribution in [-0.4, -0.2) is 209 Å². The fourth-order valence-electron chi connectivity index (χ4n) is 10.9. The van der Waals surface area contributed by atoms with Gasteiger partial charge in [0.15, 0.2) is 34.4 Å². The second-order valence-corrected chi connectivity index (χ2v) is 24.6. The number of nitro groups is 1. The Morgan fingerprint density at radius 2 is 0.857 bits per heavy atom. The van der Waals surface area contributed by atoms with Gasteiger partial charge in [-0.1, -0.05) is 44.4 Å². The van der Waals surface area contributed by atoms with Gasteiger partial charge in [0.05, 0.1) is 61.3 Å². The summed E-state index contributed by atoms with van der Waals surface area (Å²) in [7, 11) is 1.04. The standard InChI is InChI=1S/C16H13N3O7.C16H13N3O6.C15H13N3O8.C15H16N2O7.C14H11F3N2O6/c20-12(21)7-18-15(23)13-14(22)9-3-1-2-4-10(9)19(16(13)24)26-8-11-17-5-6-25-11;1-2-5-25-19-11-4-3-9(7-17)6-10(11)14(22)13(16(19)24)15(23)18-8-12(20)21;1-2-5-26-17-10-4-3-8(18(24)25)6-9(10)13(21)12(15(17)23)14(22)16-7-11(19)20;1-2-5-24-17-10-4-3-8(18)6-9(10)13(21)12(15(17)23)14(22)16-7-11(19)20;1-25-19-8-3-2-6(14(15,16)17)4-7(8)11(22)10(13(19)24)12(23)18-5-9(20)21/h1-6,22H,7-8H2,(H,18,23)(H,20,21);2-4,6,22H,1,5,8H2,(H,18,23)(H,20,21);2-4,6,21H,1,5,7H2,(H,16,22)(H,19,20);3-4,6,18,21H,2,5,7H2,1H3,(H,16,22)(H,19,20);2-4,22H,5H2,1H3,(H,18,23)(H,20,21). The van der Waals surface area contributed by atoms with Crippen molar-refractivity contribution < 1.29 is 151 Å². The second kappa shape index (κ2) is 42.1. The lowest BCUT2D eigenvalue weighted by Crippen LogP contribution is -2.37. The van der Waals surface area contributed by atoms with E-state index >= 15 is 0 Å². The number of carboxylic acid groups (broad SMARTS) is 5. The number of aromatic hydroxyl groups is 6. The summed E-state index contributed by atoms with van der Waals surface area (Å²) in [4.78, 5) is 216. The number of amides is 5. The van der Waals surface area contributed by atoms with E-state index < -0.39 is 204 Å². The summed E-state index contributed by atoms with van der Waals surface area (Å²) in [6.07, 6.45) is 1.30. The van der Waals surface area contributed by atoms with Gasteiger partial charge in [-0.15, -0.1) is 23.7 Å². The Hall–Kier alpha value is -18.0. The molecule has 0 saturated carbocycles. The zero-order valence-corrected chi connectivity index (χ0v) is 64.6. The maximum absolute atomic E-state index is 12.9. The molecule has 0 saturated heterocycles. The Kier molecular flexibility index (Phi) is 31.8. The molecule has 16 N–H and O–H groups in total. The number of carbonyl (C=O) groups excluding carboxylic acids is 5. The van der Waals surface area contributed by atoms with Gasteiger partial charge in [-0.25, -0.2) is 4.98 Å². The number of hydrogen-bond donors (Lipinski definition) is 16. The third-order valence-corrected chi connectivity index (χ3v) is 16.3. The topological polar surface area (TPSA) is 702 Å². The molecule has 0 bridgehead atoms. The highest BCUT2D eigenvalue weighted by Gasteiger charge is 2.34. The Morgan fingerprint density at radius 1 is 0.500 bits per heavy atom. The molecule has 5 amide bonds. The van der Waals surface area contributed by atoms with E-state index in [1.165, 1.54) is 79.2 Å². The van der Waals surface area contributed by atoms with Crippen molar-refractivity contribution in [1.29, 1.82) is 5.26 Å². The molecule has 0 aliphatic carbocycles. The SMILES string of the molecule is C=CCOn1c(=O)c(C(=O)NCC(=O)O)c(O)c2cc(C#N)ccc21.C=CCOn1c(=O)c(C(=O)NCC(=O)O)c(O)c2cc([N+](=O)[O-])ccc21.CCCOn1c(=O)c(C(=O)NCC(=O)O)c(O)c2cc(O)ccc21.COn1c(=O)c(C(=O)NCC(=O)O)c(O)c2cc(C(F)(F)F)ccc21.O=C(O)CNC(=O)c1c(O)c2ccccc2n(OCc2ncco2)c1=O. The number of phenolic OH excluding ortho intramolecular Hbond substituents is 1. The summed E-state index contributed by atoms with van der Waals surface area (Å²) in [5, 5.41) is 133. The number of nitrogens with one attached hydrogen (secondary N) is 5. The number of oxazole rings is 1. The minimum atomic E-state index is -4.72. The molecule has 47 nitrogen and oxygen atoms in total. The lowest BCUT2D eigenvalue weighted by Gasteiger charge is -2.15. The van der Waals surface area contributed by atoms with E-state index in [1.54, 1.807) is 12.1 Å². The number of nitrogens with zero attached hydrogens (tertiary/aromatic N) is 8. The first-order valence-electron chi connectivity index (χ1n) is 35.1. The van der Waals surface area contributed by atoms with Gasteiger partial charge in [-0.3, -0.25) is 82.0 Å². The van der Waals surface area contributed by atoms with Crippen LogP contribution in [0, 0.1) is 21.4 Å². The molecule has 660 valence electrons. The Balaban J connectivity index is 0.000000216. The normalized spacial score (nSPS) is 10.6. The number of halogens is 3. The van der Waals surface area contributed by atoms with E-state index in [9.17, 15) is 126 Å². The molecule has 0 aliphatic rings. The molecule has 11 aromatic rings. The first-order valence-corrected chi connectivity index (χ1v) is 35.1. The summed E-state index contributed by atoms with van der Waals surface area (Å²) >= 11 is 0. The second-order valence-electron chi connectivity index (χ2n) is 24.6. The van der Waals surface area contributed by atoms with Crippen molar-refractivity contribution in [3.8, 4) is 40.6 Å². The van der Waals surface area contributed by atoms with E-state index in [2.05, 4.69) is 18.1 Å². The van der Waals surface area contributed by atoms with Crippen LogP contribution >= 0.6 is 0 Å². The predicted octanol–water partition coefficient (Wildman–Crippen LogP) is 0.855. The minimum absolute atomic E-state index is 0.0188. The number of carboxylic acids is 5. The molecule has 11 rings (SSSR count). The number of nitro benzene ring substituents is 1. The lowest BCUT2D eigenvalue weighted by atomic mass is 10.1. The van der Waals surface area contributed by atoms with Crippen LogP contribution < -0.4 is 78.6 Å². The fraction of sp³-hybridized carbons (Fsp3) is 0.171. The maximum Gasteiger partial charge on any atom is 0.416 e. The molecule has 0 radical (unpaired) electrons. The number of rotatable bonds is 29. The van der Waals surface area contributed by atoms with Crippen LogP contribution in [0.25, 0.3) is 54.5 Å². The quantitative estimate of drug-likeness (QED) is 0.0176. The number of benzene rings is 5. The molecule has 0 unspecified atom stereocenters. The summed E-state index contributed by atoms with van der Waals surface area (Å²) in [5.41, 5.74) is -9.80. The minimum Gasteiger partial charge on any atom is -0.508 e. The third-order valence-electron chi connectivity index (χ3n) is 16.3. The number of non-ortho nitro benzene ring substituents is 1. The van der Waals surface area contributed by atoms with E-state index in [4.69, 9.17) is 59.4 Å². The van der Waals surface area contributed by atoms with Crippen molar-refractivity contribution in [2.75, 3.05) is 59.7 Å². The highest BCUT2D eigenvalue weighted by Crippen LogP contribution is 2.36. The van der Waals surface area contributed by atoms with E-state index in [0.29, 0.717) is 28.0 Å². The number of aliphatic carboxylic acids is 5. The Morgan fingerprint density at radius 3 is 1.25 bits per heavy atom. The zero-order chi connectivity index (χ0) is 93.5. The van der Waals surface area contributed by atoms with Gasteiger partial charge in [-0.2, -0.15) is 18.4 Å². The average Bonchev–Trinajstić information content (AvgIpc) is 0.988. The van der Waals surface area contributed by atoms with E-state index in [0.717, 1.165) is 39.5 Å². The smallest absolute Gasteiger partial charge is 0.416 e. The number of fused-ring (bicyclic) bond motifs is 5. The molecule has 50 heteroatoms. The van der Waals surface area contributed by atoms with Gasteiger partial charge in [-0.05, 0) is 79.2 Å². The molecule has 6 aromatic heterocycles. The maximum atomic E-state index is 12.9. The third kappa shape index (κ3) is 22.5. The van der Waals surface area contributed by atoms with E-state index in [1.807, 2.05) is 39.6 Å². The van der Waals surface area contributed by atoms with Crippen LogP contribution in [0.1, 0.15) is 82.2 Å². The van der Waals surface area contributed by atoms with Gasteiger partial charge in [0.2, 0.25) is 5.89 Å². The monoisotopic (exact) mass is 1760 g/mol. The van der Waals surface area contributed by atoms with Gasteiger partial charge in [0, 0.05) is 33.7 Å². The number of phenols is 1. The molecule has 0 fully saturated rings. The van der Waals surface area contributed by atoms with Crippen LogP contribution in [0.15, 0.2) is 163 Å². The highest BCUT2D eigenvalue weighted by atomic mass is 19.4.